The molecule has 0 spiro atoms. The first-order valence-electron chi connectivity index (χ1n) is 12.0. The van der Waals surface area contributed by atoms with Gasteiger partial charge in [-0.15, -0.1) is 0 Å². The molecule has 1 unspecified atom stereocenters. The van der Waals surface area contributed by atoms with Crippen molar-refractivity contribution in [3.05, 3.63) is 0 Å². The quantitative estimate of drug-likeness (QED) is 0.237. The molecule has 0 rings (SSSR count). The van der Waals surface area contributed by atoms with E-state index in [0.717, 1.165) is 25.8 Å². The van der Waals surface area contributed by atoms with E-state index in [4.69, 9.17) is 0 Å². The van der Waals surface area contributed by atoms with Crippen LogP contribution in [0, 0.1) is 0 Å². The van der Waals surface area contributed by atoms with E-state index in [9.17, 15) is 4.79 Å². The van der Waals surface area contributed by atoms with E-state index in [-0.39, 0.29) is 5.91 Å². The number of nitrogens with zero attached hydrogens (tertiary/aromatic N) is 1. The molecule has 3 heteroatoms. The van der Waals surface area contributed by atoms with Crippen LogP contribution in [0.5, 0.6) is 0 Å². The van der Waals surface area contributed by atoms with E-state index < -0.39 is 0 Å². The van der Waals surface area contributed by atoms with Crippen LogP contribution in [-0.4, -0.2) is 37.5 Å². The number of nitrogens with one attached hydrogen (secondary N) is 1. The Bertz CT molecular complexity index is 318. The molecule has 0 bridgehead atoms. The number of rotatable bonds is 20. The first kappa shape index (κ1) is 26.4. The van der Waals surface area contributed by atoms with Gasteiger partial charge in [-0.05, 0) is 39.9 Å². The number of carbonyl (C=O) groups excluding carboxylic acids is 1. The van der Waals surface area contributed by atoms with Crippen LogP contribution in [-0.2, 0) is 4.79 Å². The molecule has 0 fully saturated rings. The molecule has 0 aliphatic rings. The lowest BCUT2D eigenvalue weighted by Crippen LogP contribution is -2.34. The van der Waals surface area contributed by atoms with Crippen molar-refractivity contribution >= 4 is 5.91 Å². The molecule has 0 aliphatic heterocycles. The number of hydrogen-bond donors (Lipinski definition) is 1. The van der Waals surface area contributed by atoms with E-state index in [1.807, 2.05) is 0 Å². The van der Waals surface area contributed by atoms with Crippen LogP contribution in [0.2, 0.25) is 0 Å². The summed E-state index contributed by atoms with van der Waals surface area (Å²) in [7, 11) is 4.11. The summed E-state index contributed by atoms with van der Waals surface area (Å²) in [5.41, 5.74) is 0. The van der Waals surface area contributed by atoms with Crippen LogP contribution in [0.15, 0.2) is 0 Å². The number of amides is 1. The van der Waals surface area contributed by atoms with Crippen LogP contribution in [0.1, 0.15) is 123 Å². The molecular formula is C24H50N2O. The van der Waals surface area contributed by atoms with Crippen molar-refractivity contribution in [2.45, 2.75) is 129 Å². The average molecular weight is 383 g/mol. The van der Waals surface area contributed by atoms with E-state index in [1.165, 1.54) is 83.5 Å². The predicted molar refractivity (Wildman–Crippen MR) is 120 cm³/mol. The highest BCUT2D eigenvalue weighted by Crippen LogP contribution is 2.14. The highest BCUT2D eigenvalue weighted by Gasteiger charge is 2.10. The molecule has 1 amide bonds. The minimum atomic E-state index is 0.235. The van der Waals surface area contributed by atoms with E-state index >= 15 is 0 Å². The predicted octanol–water partition coefficient (Wildman–Crippen LogP) is 6.70. The Kier molecular flexibility index (Phi) is 19.7. The second-order valence-electron chi connectivity index (χ2n) is 8.61. The fourth-order valence-electron chi connectivity index (χ4n) is 3.64. The van der Waals surface area contributed by atoms with Crippen molar-refractivity contribution in [3.8, 4) is 0 Å². The summed E-state index contributed by atoms with van der Waals surface area (Å²) >= 11 is 0. The molecule has 27 heavy (non-hydrogen) atoms. The maximum Gasteiger partial charge on any atom is 0.220 e. The smallest absolute Gasteiger partial charge is 0.220 e. The van der Waals surface area contributed by atoms with Gasteiger partial charge in [0.25, 0.3) is 0 Å². The zero-order valence-electron chi connectivity index (χ0n) is 19.2. The molecule has 1 atom stereocenters. The zero-order valence-corrected chi connectivity index (χ0v) is 19.2. The summed E-state index contributed by atoms with van der Waals surface area (Å²) in [5, 5.41) is 3.23. The van der Waals surface area contributed by atoms with Gasteiger partial charge >= 0.3 is 0 Å². The molecule has 3 nitrogen and oxygen atoms in total. The Morgan fingerprint density at radius 2 is 1.22 bits per heavy atom. The first-order valence-corrected chi connectivity index (χ1v) is 12.0. The minimum Gasteiger partial charge on any atom is -0.353 e. The highest BCUT2D eigenvalue weighted by molar-refractivity contribution is 5.76. The second-order valence-corrected chi connectivity index (χ2v) is 8.61. The van der Waals surface area contributed by atoms with Crippen LogP contribution in [0.4, 0.5) is 0 Å². The molecule has 0 aliphatic carbocycles. The monoisotopic (exact) mass is 382 g/mol. The standard InChI is InChI=1S/C24H50N2O/c1-5-7-8-9-10-11-12-13-14-15-16-17-18-20-23(6-2)25-24(27)21-19-22-26(3)4/h23H,5-22H2,1-4H3,(H,25,27). The average Bonchev–Trinajstić information content (AvgIpc) is 2.64. The Morgan fingerprint density at radius 3 is 1.67 bits per heavy atom. The number of carbonyl (C=O) groups is 1. The second kappa shape index (κ2) is 20.2. The topological polar surface area (TPSA) is 32.3 Å². The Labute approximate surface area is 171 Å². The van der Waals surface area contributed by atoms with Crippen molar-refractivity contribution in [2.75, 3.05) is 20.6 Å². The van der Waals surface area contributed by atoms with Gasteiger partial charge in [-0.2, -0.15) is 0 Å². The van der Waals surface area contributed by atoms with Crippen molar-refractivity contribution < 1.29 is 4.79 Å². The van der Waals surface area contributed by atoms with Gasteiger partial charge in [0, 0.05) is 12.5 Å². The normalized spacial score (nSPS) is 12.5. The molecular weight excluding hydrogens is 332 g/mol. The third-order valence-electron chi connectivity index (χ3n) is 5.52. The van der Waals surface area contributed by atoms with Gasteiger partial charge in [0.1, 0.15) is 0 Å². The van der Waals surface area contributed by atoms with Gasteiger partial charge in [0.2, 0.25) is 5.91 Å². The van der Waals surface area contributed by atoms with Crippen molar-refractivity contribution in [2.24, 2.45) is 0 Å². The van der Waals surface area contributed by atoms with Gasteiger partial charge in [0.05, 0.1) is 0 Å². The maximum atomic E-state index is 12.0. The maximum absolute atomic E-state index is 12.0. The Hall–Kier alpha value is -0.570. The third kappa shape index (κ3) is 20.0. The molecule has 162 valence electrons. The van der Waals surface area contributed by atoms with Crippen LogP contribution < -0.4 is 5.32 Å². The van der Waals surface area contributed by atoms with E-state index in [1.54, 1.807) is 0 Å². The summed E-state index contributed by atoms with van der Waals surface area (Å²) in [4.78, 5) is 14.1. The molecule has 0 saturated carbocycles. The number of unbranched alkanes of at least 4 members (excludes halogenated alkanes) is 12. The lowest BCUT2D eigenvalue weighted by molar-refractivity contribution is -0.122. The van der Waals surface area contributed by atoms with Gasteiger partial charge in [-0.1, -0.05) is 97.3 Å². The van der Waals surface area contributed by atoms with Gasteiger partial charge in [-0.3, -0.25) is 4.79 Å². The van der Waals surface area contributed by atoms with E-state index in [0.29, 0.717) is 12.5 Å². The lowest BCUT2D eigenvalue weighted by atomic mass is 10.0. The molecule has 0 aromatic carbocycles. The summed E-state index contributed by atoms with van der Waals surface area (Å²) in [6.07, 6.45) is 22.0. The van der Waals surface area contributed by atoms with Crippen molar-refractivity contribution in [3.63, 3.8) is 0 Å². The van der Waals surface area contributed by atoms with Gasteiger partial charge in [-0.25, -0.2) is 0 Å². The van der Waals surface area contributed by atoms with Crippen LogP contribution >= 0.6 is 0 Å². The SMILES string of the molecule is CCCCCCCCCCCCCCCC(CC)NC(=O)CCCN(C)C. The summed E-state index contributed by atoms with van der Waals surface area (Å²) in [6, 6.07) is 0.379. The minimum absolute atomic E-state index is 0.235. The van der Waals surface area contributed by atoms with Gasteiger partial charge < -0.3 is 10.2 Å². The van der Waals surface area contributed by atoms with Gasteiger partial charge in [0.15, 0.2) is 0 Å². The number of hydrogen-bond acceptors (Lipinski definition) is 2. The van der Waals surface area contributed by atoms with Crippen LogP contribution in [0.3, 0.4) is 0 Å². The van der Waals surface area contributed by atoms with E-state index in [2.05, 4.69) is 38.2 Å². The summed E-state index contributed by atoms with van der Waals surface area (Å²) in [6.45, 7) is 5.46. The summed E-state index contributed by atoms with van der Waals surface area (Å²) < 4.78 is 0. The fourth-order valence-corrected chi connectivity index (χ4v) is 3.64. The summed E-state index contributed by atoms with van der Waals surface area (Å²) in [5.74, 6) is 0.235. The largest absolute Gasteiger partial charge is 0.353 e. The third-order valence-corrected chi connectivity index (χ3v) is 5.52. The first-order chi connectivity index (χ1) is 13.1. The molecule has 0 heterocycles. The lowest BCUT2D eigenvalue weighted by Gasteiger charge is -2.17. The Morgan fingerprint density at radius 1 is 0.741 bits per heavy atom. The molecule has 0 saturated heterocycles. The molecule has 0 aromatic heterocycles. The fraction of sp³-hybridized carbons (Fsp3) is 0.958. The Balaban J connectivity index is 3.42. The molecule has 0 aromatic rings. The molecule has 0 radical (unpaired) electrons. The zero-order chi connectivity index (χ0) is 20.2. The van der Waals surface area contributed by atoms with Crippen LogP contribution in [0.25, 0.3) is 0 Å². The van der Waals surface area contributed by atoms with Crippen molar-refractivity contribution in [1.82, 2.24) is 10.2 Å². The highest BCUT2D eigenvalue weighted by atomic mass is 16.1. The van der Waals surface area contributed by atoms with Crippen molar-refractivity contribution in [1.29, 1.82) is 0 Å². The molecule has 1 N–H and O–H groups in total.